The van der Waals surface area contributed by atoms with Gasteiger partial charge in [0.05, 0.1) is 34.3 Å². The largest absolute Gasteiger partial charge is 0.418 e. The fourth-order valence-corrected chi connectivity index (χ4v) is 4.66. The van der Waals surface area contributed by atoms with E-state index in [-0.39, 0.29) is 0 Å². The second-order valence-corrected chi connectivity index (χ2v) is 8.55. The van der Waals surface area contributed by atoms with E-state index in [1.165, 1.54) is 4.57 Å². The number of halogens is 7. The highest BCUT2D eigenvalue weighted by Crippen LogP contribution is 2.47. The SMILES string of the molecule is FC1=C(P)C(F)=C(F)C(c2cccc(C(F)(F)F)c2-n2c3ccccc3c3ccccc32)=C(F)C1. The van der Waals surface area contributed by atoms with Crippen molar-refractivity contribution in [3.05, 3.63) is 106 Å². The first-order valence-corrected chi connectivity index (χ1v) is 11.0. The Morgan fingerprint density at radius 2 is 1.26 bits per heavy atom. The van der Waals surface area contributed by atoms with Gasteiger partial charge in [0, 0.05) is 21.7 Å². The fourth-order valence-electron chi connectivity index (χ4n) is 4.43. The zero-order valence-electron chi connectivity index (χ0n) is 17.7. The molecule has 1 aliphatic rings. The quantitative estimate of drug-likeness (QED) is 0.189. The van der Waals surface area contributed by atoms with Crippen molar-refractivity contribution in [1.82, 2.24) is 4.57 Å². The van der Waals surface area contributed by atoms with Crippen LogP contribution in [0.2, 0.25) is 0 Å². The van der Waals surface area contributed by atoms with Crippen LogP contribution in [0.5, 0.6) is 0 Å². The third-order valence-corrected chi connectivity index (χ3v) is 6.50. The summed E-state index contributed by atoms with van der Waals surface area (Å²) in [5.74, 6) is -6.17. The molecule has 0 spiro atoms. The van der Waals surface area contributed by atoms with Crippen LogP contribution in [0.3, 0.4) is 0 Å². The van der Waals surface area contributed by atoms with Crippen LogP contribution >= 0.6 is 9.24 Å². The Morgan fingerprint density at radius 3 is 1.83 bits per heavy atom. The first kappa shape index (κ1) is 23.4. The maximum atomic E-state index is 15.2. The molecule has 0 amide bonds. The van der Waals surface area contributed by atoms with Crippen molar-refractivity contribution in [2.45, 2.75) is 12.6 Å². The molecule has 0 saturated heterocycles. The first-order valence-electron chi connectivity index (χ1n) is 10.4. The highest BCUT2D eigenvalue weighted by molar-refractivity contribution is 7.23. The van der Waals surface area contributed by atoms with E-state index in [0.29, 0.717) is 21.8 Å². The highest BCUT2D eigenvalue weighted by atomic mass is 31.0. The monoisotopic (exact) mass is 505 g/mol. The van der Waals surface area contributed by atoms with E-state index in [1.807, 2.05) is 0 Å². The van der Waals surface area contributed by atoms with Gasteiger partial charge in [-0.2, -0.15) is 13.2 Å². The van der Waals surface area contributed by atoms with Crippen LogP contribution in [-0.4, -0.2) is 4.57 Å². The van der Waals surface area contributed by atoms with Gasteiger partial charge in [-0.1, -0.05) is 57.8 Å². The number of benzene rings is 3. The van der Waals surface area contributed by atoms with Crippen LogP contribution in [0.15, 0.2) is 95.4 Å². The van der Waals surface area contributed by atoms with Crippen molar-refractivity contribution >= 4 is 36.6 Å². The van der Waals surface area contributed by atoms with Crippen molar-refractivity contribution < 1.29 is 30.7 Å². The lowest BCUT2D eigenvalue weighted by Gasteiger charge is -2.21. The molecule has 4 aromatic rings. The Labute approximate surface area is 197 Å². The number of rotatable bonds is 2. The Morgan fingerprint density at radius 1 is 0.686 bits per heavy atom. The third kappa shape index (κ3) is 3.67. The van der Waals surface area contributed by atoms with Gasteiger partial charge in [0.15, 0.2) is 11.7 Å². The van der Waals surface area contributed by atoms with Crippen LogP contribution < -0.4 is 0 Å². The molecule has 178 valence electrons. The summed E-state index contributed by atoms with van der Waals surface area (Å²) in [7, 11) is 1.66. The van der Waals surface area contributed by atoms with E-state index in [4.69, 9.17) is 0 Å². The van der Waals surface area contributed by atoms with Crippen LogP contribution in [-0.2, 0) is 6.18 Å². The number of para-hydroxylation sites is 3. The van der Waals surface area contributed by atoms with Crippen molar-refractivity contribution in [2.75, 3.05) is 0 Å². The summed E-state index contributed by atoms with van der Waals surface area (Å²) in [6.07, 6.45) is -6.02. The molecular formula is C26H15F7NP. The number of fused-ring (bicyclic) bond motifs is 3. The molecule has 1 aliphatic carbocycles. The van der Waals surface area contributed by atoms with Gasteiger partial charge < -0.3 is 4.57 Å². The van der Waals surface area contributed by atoms with Crippen molar-refractivity contribution in [3.63, 3.8) is 0 Å². The molecule has 0 N–H and O–H groups in total. The minimum Gasteiger partial charge on any atom is -0.308 e. The predicted molar refractivity (Wildman–Crippen MR) is 126 cm³/mol. The van der Waals surface area contributed by atoms with Crippen LogP contribution in [0.1, 0.15) is 17.5 Å². The zero-order chi connectivity index (χ0) is 25.1. The molecule has 1 atom stereocenters. The maximum Gasteiger partial charge on any atom is 0.418 e. The van der Waals surface area contributed by atoms with Crippen molar-refractivity contribution in [1.29, 1.82) is 0 Å². The molecule has 0 fully saturated rings. The van der Waals surface area contributed by atoms with Crippen LogP contribution in [0, 0.1) is 0 Å². The van der Waals surface area contributed by atoms with Gasteiger partial charge in [-0.15, -0.1) is 0 Å². The van der Waals surface area contributed by atoms with Gasteiger partial charge in [-0.3, -0.25) is 0 Å². The normalized spacial score (nSPS) is 15.5. The second-order valence-electron chi connectivity index (χ2n) is 7.97. The van der Waals surface area contributed by atoms with Gasteiger partial charge >= 0.3 is 6.18 Å². The lowest BCUT2D eigenvalue weighted by Crippen LogP contribution is -2.13. The predicted octanol–water partition coefficient (Wildman–Crippen LogP) is 9.09. The molecule has 1 aromatic heterocycles. The Balaban J connectivity index is 1.98. The van der Waals surface area contributed by atoms with Gasteiger partial charge in [0.25, 0.3) is 0 Å². The molecule has 1 nitrogen and oxygen atoms in total. The first-order chi connectivity index (χ1) is 16.6. The molecule has 3 aromatic carbocycles. The Bertz CT molecular complexity index is 1550. The molecule has 1 unspecified atom stereocenters. The summed E-state index contributed by atoms with van der Waals surface area (Å²) in [4.78, 5) is 0. The lowest BCUT2D eigenvalue weighted by molar-refractivity contribution is -0.137. The van der Waals surface area contributed by atoms with Crippen LogP contribution in [0.4, 0.5) is 30.7 Å². The van der Waals surface area contributed by atoms with Gasteiger partial charge in [-0.05, 0) is 18.2 Å². The minimum atomic E-state index is -4.92. The number of aromatic nitrogens is 1. The van der Waals surface area contributed by atoms with E-state index in [9.17, 15) is 22.0 Å². The molecular weight excluding hydrogens is 490 g/mol. The number of hydrogen-bond donors (Lipinski definition) is 0. The number of alkyl halides is 3. The van der Waals surface area contributed by atoms with E-state index in [2.05, 4.69) is 0 Å². The molecule has 0 radical (unpaired) electrons. The van der Waals surface area contributed by atoms with Gasteiger partial charge in [-0.25, -0.2) is 17.6 Å². The molecule has 5 rings (SSSR count). The lowest BCUT2D eigenvalue weighted by atomic mass is 9.96. The summed E-state index contributed by atoms with van der Waals surface area (Å²) < 4.78 is 103. The molecule has 9 heteroatoms. The van der Waals surface area contributed by atoms with Gasteiger partial charge in [0.1, 0.15) is 11.7 Å². The topological polar surface area (TPSA) is 4.93 Å². The smallest absolute Gasteiger partial charge is 0.308 e. The van der Waals surface area contributed by atoms with E-state index < -0.39 is 63.6 Å². The Kier molecular flexibility index (Phi) is 5.59. The minimum absolute atomic E-state index is 0.349. The highest BCUT2D eigenvalue weighted by Gasteiger charge is 2.38. The van der Waals surface area contributed by atoms with E-state index in [0.717, 1.165) is 18.2 Å². The van der Waals surface area contributed by atoms with Crippen LogP contribution in [0.25, 0.3) is 33.1 Å². The molecule has 0 aliphatic heterocycles. The van der Waals surface area contributed by atoms with E-state index in [1.54, 1.807) is 57.8 Å². The number of hydrogen-bond acceptors (Lipinski definition) is 0. The second kappa shape index (κ2) is 8.38. The van der Waals surface area contributed by atoms with E-state index >= 15 is 8.78 Å². The number of allylic oxidation sites excluding steroid dienone is 6. The standard InChI is InChI=1S/C26H15F7NP/c27-17-12-18(28)25(35)23(30)22(29)21(17)15-8-5-9-16(26(31,32)33)24(15)34-19-10-3-1-6-13(19)14-7-2-4-11-20(14)34/h1-11H,12,35H2. The average Bonchev–Trinajstić information content (AvgIpc) is 3.13. The summed E-state index contributed by atoms with van der Waals surface area (Å²) in [6, 6.07) is 16.1. The summed E-state index contributed by atoms with van der Waals surface area (Å²) in [6.45, 7) is 0. The average molecular weight is 505 g/mol. The van der Waals surface area contributed by atoms with Gasteiger partial charge in [0.2, 0.25) is 0 Å². The molecule has 1 heterocycles. The van der Waals surface area contributed by atoms with Crippen molar-refractivity contribution in [3.8, 4) is 5.69 Å². The summed E-state index contributed by atoms with van der Waals surface area (Å²) in [5, 5.41) is 0.407. The number of nitrogens with zero attached hydrogens (tertiary/aromatic N) is 1. The summed E-state index contributed by atoms with van der Waals surface area (Å²) >= 11 is 0. The maximum absolute atomic E-state index is 15.2. The molecule has 0 saturated carbocycles. The fraction of sp³-hybridized carbons (Fsp3) is 0.0769. The third-order valence-electron chi connectivity index (χ3n) is 5.94. The summed E-state index contributed by atoms with van der Waals surface area (Å²) in [5.41, 5.74) is -2.68. The zero-order valence-corrected chi connectivity index (χ0v) is 18.9. The Hall–Kier alpha value is -3.38. The van der Waals surface area contributed by atoms with Crippen molar-refractivity contribution in [2.24, 2.45) is 0 Å². The molecule has 0 bridgehead atoms. The molecule has 35 heavy (non-hydrogen) atoms.